The number of carbonyl (C=O) groups is 1. The smallest absolute Gasteiger partial charge is 0.258 e. The Kier molecular flexibility index (Phi) is 5.62. The highest BCUT2D eigenvalue weighted by Gasteiger charge is 2.26. The van der Waals surface area contributed by atoms with Crippen LogP contribution in [0.3, 0.4) is 0 Å². The van der Waals surface area contributed by atoms with Crippen LogP contribution in [0.25, 0.3) is 5.70 Å². The van der Waals surface area contributed by atoms with Crippen molar-refractivity contribution in [3.63, 3.8) is 0 Å². The Hall–Kier alpha value is -3.61. The molecule has 1 atom stereocenters. The summed E-state index contributed by atoms with van der Waals surface area (Å²) in [5, 5.41) is 11.8. The molecule has 1 aromatic heterocycles. The molecule has 0 saturated carbocycles. The van der Waals surface area contributed by atoms with Gasteiger partial charge in [-0.15, -0.1) is 5.10 Å². The Bertz CT molecular complexity index is 1360. The molecule has 33 heavy (non-hydrogen) atoms. The Balaban J connectivity index is 1.51. The number of amides is 1. The second-order valence-corrected chi connectivity index (χ2v) is 8.61. The van der Waals surface area contributed by atoms with Gasteiger partial charge in [0.05, 0.1) is 0 Å². The van der Waals surface area contributed by atoms with Gasteiger partial charge in [-0.05, 0) is 54.5 Å². The first-order valence-electron chi connectivity index (χ1n) is 10.3. The first-order chi connectivity index (χ1) is 16.0. The number of benzene rings is 3. The molecule has 4 aromatic rings. The summed E-state index contributed by atoms with van der Waals surface area (Å²) in [6.45, 7) is 2.05. The van der Waals surface area contributed by atoms with Crippen LogP contribution in [0.1, 0.15) is 33.1 Å². The summed E-state index contributed by atoms with van der Waals surface area (Å²) >= 11 is 12.1. The van der Waals surface area contributed by atoms with E-state index in [0.717, 1.165) is 16.8 Å². The SMILES string of the molecule is Cc1ccc(C2=CC(c3ccc(Cl)cc3)n3nc(NC(=O)c4cccc(Cl)c4)nc3N2)cc1. The number of allylic oxidation sites excluding steroid dienone is 1. The Morgan fingerprint density at radius 2 is 1.76 bits per heavy atom. The summed E-state index contributed by atoms with van der Waals surface area (Å²) in [4.78, 5) is 17.2. The molecule has 0 fully saturated rings. The minimum absolute atomic E-state index is 0.194. The Morgan fingerprint density at radius 1 is 1.00 bits per heavy atom. The van der Waals surface area contributed by atoms with Gasteiger partial charge in [0, 0.05) is 21.3 Å². The van der Waals surface area contributed by atoms with Crippen LogP contribution in [0.4, 0.5) is 11.9 Å². The predicted molar refractivity (Wildman–Crippen MR) is 132 cm³/mol. The van der Waals surface area contributed by atoms with E-state index in [1.807, 2.05) is 24.3 Å². The second kappa shape index (κ2) is 8.73. The maximum absolute atomic E-state index is 12.7. The van der Waals surface area contributed by atoms with E-state index in [2.05, 4.69) is 58.0 Å². The van der Waals surface area contributed by atoms with Gasteiger partial charge in [0.15, 0.2) is 0 Å². The normalized spacial score (nSPS) is 14.8. The number of halogens is 2. The number of fused-ring (bicyclic) bond motifs is 1. The van der Waals surface area contributed by atoms with Gasteiger partial charge >= 0.3 is 0 Å². The lowest BCUT2D eigenvalue weighted by atomic mass is 10.0. The summed E-state index contributed by atoms with van der Waals surface area (Å²) in [7, 11) is 0. The number of nitrogens with one attached hydrogen (secondary N) is 2. The number of hydrogen-bond acceptors (Lipinski definition) is 4. The van der Waals surface area contributed by atoms with Crippen LogP contribution >= 0.6 is 23.2 Å². The topological polar surface area (TPSA) is 71.8 Å². The van der Waals surface area contributed by atoms with Gasteiger partial charge in [-0.2, -0.15) is 4.98 Å². The van der Waals surface area contributed by atoms with E-state index in [1.54, 1.807) is 28.9 Å². The molecule has 1 aliphatic rings. The number of rotatable bonds is 4. The predicted octanol–water partition coefficient (Wildman–Crippen LogP) is 6.20. The van der Waals surface area contributed by atoms with Crippen molar-refractivity contribution in [3.05, 3.63) is 111 Å². The molecule has 1 amide bonds. The van der Waals surface area contributed by atoms with Gasteiger partial charge in [-0.1, -0.05) is 71.2 Å². The molecular weight excluding hydrogens is 457 g/mol. The highest BCUT2D eigenvalue weighted by Crippen LogP contribution is 2.33. The van der Waals surface area contributed by atoms with Gasteiger partial charge < -0.3 is 5.32 Å². The quantitative estimate of drug-likeness (QED) is 0.368. The van der Waals surface area contributed by atoms with Gasteiger partial charge in [0.2, 0.25) is 5.95 Å². The van der Waals surface area contributed by atoms with Gasteiger partial charge in [-0.25, -0.2) is 4.68 Å². The molecule has 1 unspecified atom stereocenters. The third-order valence-corrected chi connectivity index (χ3v) is 5.84. The summed E-state index contributed by atoms with van der Waals surface area (Å²) in [6.07, 6.45) is 2.08. The minimum Gasteiger partial charge on any atom is -0.324 e. The lowest BCUT2D eigenvalue weighted by molar-refractivity contribution is 0.102. The molecule has 1 aliphatic heterocycles. The number of anilines is 2. The van der Waals surface area contributed by atoms with E-state index in [-0.39, 0.29) is 17.9 Å². The minimum atomic E-state index is -0.338. The van der Waals surface area contributed by atoms with Crippen molar-refractivity contribution in [2.24, 2.45) is 0 Å². The molecule has 6 nitrogen and oxygen atoms in total. The average Bonchev–Trinajstić information content (AvgIpc) is 3.22. The van der Waals surface area contributed by atoms with Crippen molar-refractivity contribution in [1.82, 2.24) is 14.8 Å². The lowest BCUT2D eigenvalue weighted by Crippen LogP contribution is -2.20. The van der Waals surface area contributed by atoms with E-state index in [4.69, 9.17) is 23.2 Å². The van der Waals surface area contributed by atoms with Crippen molar-refractivity contribution in [3.8, 4) is 0 Å². The zero-order chi connectivity index (χ0) is 22.9. The van der Waals surface area contributed by atoms with Crippen LogP contribution in [0.15, 0.2) is 78.9 Å². The standard InChI is InChI=1S/C25H19Cl2N5O/c1-15-5-7-16(8-6-15)21-14-22(17-9-11-19(26)12-10-17)32-25(28-21)30-24(31-32)29-23(33)18-3-2-4-20(27)13-18/h2-14,22H,1H3,(H2,28,29,30,31,33). The average molecular weight is 476 g/mol. The number of carbonyl (C=O) groups excluding carboxylic acids is 1. The van der Waals surface area contributed by atoms with Gasteiger partial charge in [-0.3, -0.25) is 10.1 Å². The van der Waals surface area contributed by atoms with Crippen LogP contribution in [0.2, 0.25) is 10.0 Å². The van der Waals surface area contributed by atoms with Crippen molar-refractivity contribution in [2.45, 2.75) is 13.0 Å². The zero-order valence-corrected chi connectivity index (χ0v) is 19.1. The van der Waals surface area contributed by atoms with Crippen molar-refractivity contribution in [2.75, 3.05) is 10.6 Å². The molecule has 0 aliphatic carbocycles. The number of aryl methyl sites for hydroxylation is 1. The number of hydrogen-bond donors (Lipinski definition) is 2. The summed E-state index contributed by atoms with van der Waals surface area (Å²) < 4.78 is 1.74. The summed E-state index contributed by atoms with van der Waals surface area (Å²) in [5.74, 6) is 0.379. The lowest BCUT2D eigenvalue weighted by Gasteiger charge is -2.24. The Morgan fingerprint density at radius 3 is 2.48 bits per heavy atom. The summed E-state index contributed by atoms with van der Waals surface area (Å²) in [5.41, 5.74) is 4.53. The van der Waals surface area contributed by atoms with Crippen molar-refractivity contribution >= 4 is 46.7 Å². The molecule has 2 N–H and O–H groups in total. The van der Waals surface area contributed by atoms with E-state index in [0.29, 0.717) is 21.6 Å². The molecule has 0 bridgehead atoms. The van der Waals surface area contributed by atoms with E-state index in [1.165, 1.54) is 5.56 Å². The molecule has 3 aromatic carbocycles. The largest absolute Gasteiger partial charge is 0.324 e. The van der Waals surface area contributed by atoms with E-state index < -0.39 is 0 Å². The molecule has 2 heterocycles. The van der Waals surface area contributed by atoms with Crippen LogP contribution in [-0.2, 0) is 0 Å². The molecule has 5 rings (SSSR count). The molecule has 164 valence electrons. The molecule has 0 saturated heterocycles. The van der Waals surface area contributed by atoms with Crippen LogP contribution in [-0.4, -0.2) is 20.7 Å². The van der Waals surface area contributed by atoms with Crippen LogP contribution < -0.4 is 10.6 Å². The Labute approximate surface area is 200 Å². The van der Waals surface area contributed by atoms with Crippen molar-refractivity contribution < 1.29 is 4.79 Å². The van der Waals surface area contributed by atoms with Crippen LogP contribution in [0, 0.1) is 6.92 Å². The number of nitrogens with zero attached hydrogens (tertiary/aromatic N) is 3. The zero-order valence-electron chi connectivity index (χ0n) is 17.6. The molecular formula is C25H19Cl2N5O. The highest BCUT2D eigenvalue weighted by molar-refractivity contribution is 6.31. The van der Waals surface area contributed by atoms with E-state index >= 15 is 0 Å². The fraction of sp³-hybridized carbons (Fsp3) is 0.0800. The second-order valence-electron chi connectivity index (χ2n) is 7.74. The molecule has 8 heteroatoms. The fourth-order valence-electron chi connectivity index (χ4n) is 3.65. The molecule has 0 spiro atoms. The van der Waals surface area contributed by atoms with Crippen LogP contribution in [0.5, 0.6) is 0 Å². The third-order valence-electron chi connectivity index (χ3n) is 5.35. The summed E-state index contributed by atoms with van der Waals surface area (Å²) in [6, 6.07) is 22.3. The molecule has 0 radical (unpaired) electrons. The van der Waals surface area contributed by atoms with E-state index in [9.17, 15) is 4.79 Å². The third kappa shape index (κ3) is 4.49. The first kappa shape index (κ1) is 21.2. The van der Waals surface area contributed by atoms with Crippen molar-refractivity contribution in [1.29, 1.82) is 0 Å². The first-order valence-corrected chi connectivity index (χ1v) is 11.1. The van der Waals surface area contributed by atoms with Gasteiger partial charge in [0.1, 0.15) is 6.04 Å². The number of aromatic nitrogens is 3. The fourth-order valence-corrected chi connectivity index (χ4v) is 3.96. The van der Waals surface area contributed by atoms with Gasteiger partial charge in [0.25, 0.3) is 11.9 Å². The highest BCUT2D eigenvalue weighted by atomic mass is 35.5. The maximum Gasteiger partial charge on any atom is 0.258 e. The monoisotopic (exact) mass is 475 g/mol. The maximum atomic E-state index is 12.7.